The molecule has 0 spiro atoms. The van der Waals surface area contributed by atoms with Gasteiger partial charge in [-0.2, -0.15) is 0 Å². The van der Waals surface area contributed by atoms with Crippen LogP contribution in [-0.2, 0) is 4.79 Å². The van der Waals surface area contributed by atoms with Crippen LogP contribution in [0, 0.1) is 5.92 Å². The van der Waals surface area contributed by atoms with E-state index >= 15 is 0 Å². The van der Waals surface area contributed by atoms with Gasteiger partial charge in [0.15, 0.2) is 0 Å². The van der Waals surface area contributed by atoms with Crippen molar-refractivity contribution in [1.29, 1.82) is 0 Å². The molecule has 0 radical (unpaired) electrons. The highest BCUT2D eigenvalue weighted by atomic mass is 35.5. The first-order valence-corrected chi connectivity index (χ1v) is 5.21. The molecular weight excluding hydrogens is 188 g/mol. The van der Waals surface area contributed by atoms with Crippen molar-refractivity contribution in [2.75, 3.05) is 0 Å². The first-order chi connectivity index (χ1) is 6.09. The summed E-state index contributed by atoms with van der Waals surface area (Å²) in [6.45, 7) is 0. The van der Waals surface area contributed by atoms with Gasteiger partial charge in [-0.25, -0.2) is 0 Å². The first kappa shape index (κ1) is 10.8. The number of carbonyl (C=O) groups is 1. The van der Waals surface area contributed by atoms with Gasteiger partial charge in [-0.15, -0.1) is 11.6 Å². The molecule has 0 bridgehead atoms. The number of hydrogen-bond acceptors (Lipinski definition) is 2. The van der Waals surface area contributed by atoms with Gasteiger partial charge in [0.1, 0.15) is 0 Å². The monoisotopic (exact) mass is 204 g/mol. The van der Waals surface area contributed by atoms with E-state index in [0.717, 1.165) is 25.7 Å². The van der Waals surface area contributed by atoms with Crippen LogP contribution in [0.5, 0.6) is 0 Å². The Kier molecular flexibility index (Phi) is 4.00. The maximum atomic E-state index is 10.6. The minimum absolute atomic E-state index is 0.203. The van der Waals surface area contributed by atoms with Crippen LogP contribution in [-0.4, -0.2) is 17.3 Å². The van der Waals surface area contributed by atoms with Gasteiger partial charge in [0, 0.05) is 17.8 Å². The number of rotatable bonds is 3. The fourth-order valence-electron chi connectivity index (χ4n) is 1.89. The van der Waals surface area contributed by atoms with E-state index in [2.05, 4.69) is 0 Å². The lowest BCUT2D eigenvalue weighted by Crippen LogP contribution is -2.37. The predicted octanol–water partition coefficient (Wildman–Crippen LogP) is 0.987. The lowest BCUT2D eigenvalue weighted by Gasteiger charge is -2.31. The molecule has 0 heterocycles. The van der Waals surface area contributed by atoms with E-state index in [1.165, 1.54) is 0 Å². The number of primary amides is 1. The molecule has 0 aromatic carbocycles. The zero-order valence-electron chi connectivity index (χ0n) is 7.71. The van der Waals surface area contributed by atoms with Gasteiger partial charge < -0.3 is 11.5 Å². The molecular formula is C9H17ClN2O. The van der Waals surface area contributed by atoms with Crippen molar-refractivity contribution in [2.24, 2.45) is 17.4 Å². The lowest BCUT2D eigenvalue weighted by atomic mass is 9.82. The van der Waals surface area contributed by atoms with Gasteiger partial charge >= 0.3 is 0 Å². The topological polar surface area (TPSA) is 69.1 Å². The predicted molar refractivity (Wildman–Crippen MR) is 53.4 cm³/mol. The second-order valence-corrected chi connectivity index (χ2v) is 4.46. The maximum Gasteiger partial charge on any atom is 0.217 e. The van der Waals surface area contributed by atoms with E-state index in [1.54, 1.807) is 0 Å². The van der Waals surface area contributed by atoms with Crippen LogP contribution < -0.4 is 11.5 Å². The Morgan fingerprint density at radius 2 is 2.15 bits per heavy atom. The molecule has 0 aromatic rings. The van der Waals surface area contributed by atoms with Crippen molar-refractivity contribution in [2.45, 2.75) is 43.5 Å². The van der Waals surface area contributed by atoms with Crippen LogP contribution in [0.4, 0.5) is 0 Å². The van der Waals surface area contributed by atoms with Gasteiger partial charge in [0.25, 0.3) is 0 Å². The van der Waals surface area contributed by atoms with Crippen LogP contribution in [0.3, 0.4) is 0 Å². The minimum atomic E-state index is -0.246. The van der Waals surface area contributed by atoms with Crippen LogP contribution in [0.1, 0.15) is 32.1 Å². The van der Waals surface area contributed by atoms with E-state index in [1.807, 2.05) is 0 Å². The molecule has 3 nitrogen and oxygen atoms in total. The molecule has 1 rings (SSSR count). The molecule has 0 saturated heterocycles. The summed E-state index contributed by atoms with van der Waals surface area (Å²) in [5.41, 5.74) is 11.0. The Labute approximate surface area is 83.8 Å². The van der Waals surface area contributed by atoms with E-state index in [4.69, 9.17) is 23.1 Å². The summed E-state index contributed by atoms with van der Waals surface area (Å²) in [4.78, 5) is 10.6. The van der Waals surface area contributed by atoms with Crippen molar-refractivity contribution in [3.8, 4) is 0 Å². The zero-order chi connectivity index (χ0) is 9.84. The van der Waals surface area contributed by atoms with E-state index in [0.29, 0.717) is 12.3 Å². The Hall–Kier alpha value is -0.280. The van der Waals surface area contributed by atoms with Gasteiger partial charge in [-0.1, -0.05) is 0 Å². The summed E-state index contributed by atoms with van der Waals surface area (Å²) < 4.78 is 0. The Bertz CT molecular complexity index is 186. The van der Waals surface area contributed by atoms with Crippen LogP contribution in [0.15, 0.2) is 0 Å². The summed E-state index contributed by atoms with van der Waals surface area (Å²) in [7, 11) is 0. The maximum absolute atomic E-state index is 10.6. The number of hydrogen-bond donors (Lipinski definition) is 2. The van der Waals surface area contributed by atoms with Gasteiger partial charge in [-0.05, 0) is 31.6 Å². The molecule has 4 N–H and O–H groups in total. The molecule has 1 amide bonds. The molecule has 3 unspecified atom stereocenters. The highest BCUT2D eigenvalue weighted by Gasteiger charge is 2.26. The molecule has 1 saturated carbocycles. The van der Waals surface area contributed by atoms with Gasteiger partial charge in [-0.3, -0.25) is 4.79 Å². The normalized spacial score (nSPS) is 34.5. The third-order valence-electron chi connectivity index (χ3n) is 2.74. The third kappa shape index (κ3) is 3.53. The average Bonchev–Trinajstić information content (AvgIpc) is 2.06. The summed E-state index contributed by atoms with van der Waals surface area (Å²) in [6.07, 6.45) is 4.12. The lowest BCUT2D eigenvalue weighted by molar-refractivity contribution is -0.118. The SMILES string of the molecule is NC(=O)CCC1CC(Cl)CCC1N. The van der Waals surface area contributed by atoms with Crippen molar-refractivity contribution < 1.29 is 4.79 Å². The largest absolute Gasteiger partial charge is 0.370 e. The van der Waals surface area contributed by atoms with Crippen molar-refractivity contribution in [3.63, 3.8) is 0 Å². The fourth-order valence-corrected chi connectivity index (χ4v) is 2.24. The molecule has 3 atom stereocenters. The van der Waals surface area contributed by atoms with Crippen LogP contribution >= 0.6 is 11.6 Å². The molecule has 4 heteroatoms. The molecule has 0 aromatic heterocycles. The summed E-state index contributed by atoms with van der Waals surface area (Å²) in [5, 5.41) is 0.234. The summed E-state index contributed by atoms with van der Waals surface area (Å²) >= 11 is 6.02. The minimum Gasteiger partial charge on any atom is -0.370 e. The highest BCUT2D eigenvalue weighted by Crippen LogP contribution is 2.29. The van der Waals surface area contributed by atoms with E-state index < -0.39 is 0 Å². The molecule has 0 aliphatic heterocycles. The summed E-state index contributed by atoms with van der Waals surface area (Å²) in [6, 6.07) is 0.203. The van der Waals surface area contributed by atoms with Gasteiger partial charge in [0.2, 0.25) is 5.91 Å². The number of amides is 1. The smallest absolute Gasteiger partial charge is 0.217 e. The van der Waals surface area contributed by atoms with Crippen molar-refractivity contribution in [1.82, 2.24) is 0 Å². The Balaban J connectivity index is 2.33. The standard InChI is InChI=1S/C9H17ClN2O/c10-7-2-3-8(11)6(5-7)1-4-9(12)13/h6-8H,1-5,11H2,(H2,12,13). The molecule has 76 valence electrons. The highest BCUT2D eigenvalue weighted by molar-refractivity contribution is 6.20. The van der Waals surface area contributed by atoms with Crippen LogP contribution in [0.25, 0.3) is 0 Å². The van der Waals surface area contributed by atoms with E-state index in [-0.39, 0.29) is 17.3 Å². The zero-order valence-corrected chi connectivity index (χ0v) is 8.46. The molecule has 1 aliphatic rings. The fraction of sp³-hybridized carbons (Fsp3) is 0.889. The first-order valence-electron chi connectivity index (χ1n) is 4.77. The quantitative estimate of drug-likeness (QED) is 0.674. The Morgan fingerprint density at radius 1 is 1.46 bits per heavy atom. The van der Waals surface area contributed by atoms with Gasteiger partial charge in [0.05, 0.1) is 0 Å². The molecule has 1 aliphatic carbocycles. The number of halogens is 1. The Morgan fingerprint density at radius 3 is 2.77 bits per heavy atom. The second kappa shape index (κ2) is 4.82. The summed E-state index contributed by atoms with van der Waals surface area (Å²) in [5.74, 6) is 0.132. The average molecular weight is 205 g/mol. The van der Waals surface area contributed by atoms with Crippen molar-refractivity contribution >= 4 is 17.5 Å². The number of alkyl halides is 1. The van der Waals surface area contributed by atoms with E-state index in [9.17, 15) is 4.79 Å². The number of carbonyl (C=O) groups excluding carboxylic acids is 1. The number of nitrogens with two attached hydrogens (primary N) is 2. The van der Waals surface area contributed by atoms with Crippen molar-refractivity contribution in [3.05, 3.63) is 0 Å². The second-order valence-electron chi connectivity index (χ2n) is 3.84. The van der Waals surface area contributed by atoms with Crippen LogP contribution in [0.2, 0.25) is 0 Å². The molecule has 13 heavy (non-hydrogen) atoms. The molecule has 1 fully saturated rings. The third-order valence-corrected chi connectivity index (χ3v) is 3.14.